The fourth-order valence-corrected chi connectivity index (χ4v) is 0.0727. The van der Waals surface area contributed by atoms with Crippen molar-refractivity contribution in [2.24, 2.45) is 5.11 Å². The zero-order valence-electron chi connectivity index (χ0n) is 5.98. The third-order valence-electron chi connectivity index (χ3n) is 0.214. The van der Waals surface area contributed by atoms with E-state index in [9.17, 15) is 5.21 Å². The van der Waals surface area contributed by atoms with Crippen molar-refractivity contribution in [3.05, 3.63) is 11.9 Å². The van der Waals surface area contributed by atoms with Gasteiger partial charge in [0.1, 0.15) is 0 Å². The molecule has 0 aliphatic heterocycles. The molecule has 0 spiro atoms. The first-order valence-corrected chi connectivity index (χ1v) is 2.27. The topological polar surface area (TPSA) is 96.0 Å². The number of hydrogen-bond acceptors (Lipinski definition) is 4. The van der Waals surface area contributed by atoms with Gasteiger partial charge in [0.25, 0.3) is 5.97 Å². The Hall–Kier alpha value is -0.560. The van der Waals surface area contributed by atoms with Crippen LogP contribution in [0.15, 0.2) is 5.11 Å². The summed E-state index contributed by atoms with van der Waals surface area (Å²) in [5, 5.41) is 27.6. The van der Waals surface area contributed by atoms with Gasteiger partial charge < -0.3 is 15.4 Å². The second kappa shape index (κ2) is 12.1. The van der Waals surface area contributed by atoms with Crippen molar-refractivity contribution in [2.75, 3.05) is 7.05 Å². The summed E-state index contributed by atoms with van der Waals surface area (Å²) in [7, 11) is 1.17. The predicted octanol–water partition coefficient (Wildman–Crippen LogP) is 0.159. The van der Waals surface area contributed by atoms with Crippen LogP contribution in [0.2, 0.25) is 0 Å². The van der Waals surface area contributed by atoms with Crippen molar-refractivity contribution >= 4 is 5.97 Å². The van der Waals surface area contributed by atoms with E-state index in [4.69, 9.17) is 15.0 Å². The van der Waals surface area contributed by atoms with Gasteiger partial charge in [-0.3, -0.25) is 4.79 Å². The quantitative estimate of drug-likeness (QED) is 0.232. The summed E-state index contributed by atoms with van der Waals surface area (Å²) in [5.41, 5.74) is 0. The standard InChI is InChI=1S/C2H5N2O2.C2H4O2.Au/c1-4(6)3-2-5;1-2(3)4;/h2,5H,1H3;1H3,(H,3,4);/q-1;;+1/b4-3+;;. The minimum Gasteiger partial charge on any atom is -0.602 e. The molecule has 0 radical (unpaired) electrons. The summed E-state index contributed by atoms with van der Waals surface area (Å²) < 4.78 is 0. The maximum atomic E-state index is 9.60. The fraction of sp³-hybridized carbons (Fsp3) is 0.500. The van der Waals surface area contributed by atoms with Gasteiger partial charge in [0, 0.05) is 6.92 Å². The smallest absolute Gasteiger partial charge is 0.602 e. The van der Waals surface area contributed by atoms with Crippen molar-refractivity contribution in [2.45, 2.75) is 6.92 Å². The van der Waals surface area contributed by atoms with Gasteiger partial charge in [-0.05, 0) is 0 Å². The van der Waals surface area contributed by atoms with Crippen molar-refractivity contribution < 1.29 is 42.2 Å². The minimum atomic E-state index is -0.833. The van der Waals surface area contributed by atoms with E-state index in [0.717, 1.165) is 6.92 Å². The Morgan fingerprint density at radius 2 is 2.00 bits per heavy atom. The first-order valence-electron chi connectivity index (χ1n) is 2.27. The summed E-state index contributed by atoms with van der Waals surface area (Å²) in [5.74, 6) is -0.833. The fourth-order valence-electron chi connectivity index (χ4n) is 0.0727. The van der Waals surface area contributed by atoms with Crippen LogP contribution in [-0.2, 0) is 27.2 Å². The van der Waals surface area contributed by atoms with Crippen LogP contribution in [0, 0.1) is 11.9 Å². The van der Waals surface area contributed by atoms with Crippen LogP contribution in [0.5, 0.6) is 0 Å². The first kappa shape index (κ1) is 16.8. The molecule has 11 heavy (non-hydrogen) atoms. The van der Waals surface area contributed by atoms with E-state index >= 15 is 0 Å². The maximum absolute atomic E-state index is 9.60. The molecule has 2 N–H and O–H groups in total. The van der Waals surface area contributed by atoms with Gasteiger partial charge in [-0.15, -0.1) is 11.6 Å². The summed E-state index contributed by atoms with van der Waals surface area (Å²) in [6, 6.07) is 0. The SMILES string of the molecule is C/[N+]([O-])=N\[CH-]O.CC(=O)O.[Au+]. The van der Waals surface area contributed by atoms with Gasteiger partial charge in [0.15, 0.2) is 7.05 Å². The minimum absolute atomic E-state index is 0. The van der Waals surface area contributed by atoms with Crippen molar-refractivity contribution in [3.8, 4) is 0 Å². The number of nitrogens with zero attached hydrogens (tertiary/aromatic N) is 2. The van der Waals surface area contributed by atoms with Crippen LogP contribution < -0.4 is 0 Å². The van der Waals surface area contributed by atoms with Crippen molar-refractivity contribution in [1.82, 2.24) is 0 Å². The largest absolute Gasteiger partial charge is 1.00 e. The molecule has 0 rings (SSSR count). The van der Waals surface area contributed by atoms with E-state index in [-0.39, 0.29) is 27.2 Å². The van der Waals surface area contributed by atoms with Crippen molar-refractivity contribution in [1.29, 1.82) is 0 Å². The van der Waals surface area contributed by atoms with E-state index in [1.165, 1.54) is 7.05 Å². The van der Waals surface area contributed by atoms with Crippen LogP contribution in [0.3, 0.4) is 0 Å². The molecule has 0 aromatic rings. The number of carbonyl (C=O) groups is 1. The Morgan fingerprint density at radius 1 is 1.73 bits per heavy atom. The van der Waals surface area contributed by atoms with Gasteiger partial charge in [0.05, 0.1) is 0 Å². The Kier molecular flexibility index (Phi) is 18.6. The Labute approximate surface area is 79.6 Å². The molecular weight excluding hydrogens is 337 g/mol. The predicted molar refractivity (Wildman–Crippen MR) is 31.5 cm³/mol. The molecule has 0 unspecified atom stereocenters. The number of carboxylic acids is 1. The molecule has 0 saturated heterocycles. The summed E-state index contributed by atoms with van der Waals surface area (Å²) in [6.07, 6.45) is 0. The number of aliphatic carboxylic acids is 1. The molecule has 0 aliphatic carbocycles. The molecule has 70 valence electrons. The van der Waals surface area contributed by atoms with Crippen LogP contribution in [-0.4, -0.2) is 28.1 Å². The monoisotopic (exact) mass is 346 g/mol. The van der Waals surface area contributed by atoms with E-state index in [0.29, 0.717) is 6.73 Å². The van der Waals surface area contributed by atoms with Crippen LogP contribution in [0.4, 0.5) is 0 Å². The first-order chi connectivity index (χ1) is 4.50. The molecule has 0 aromatic carbocycles. The van der Waals surface area contributed by atoms with Gasteiger partial charge >= 0.3 is 22.4 Å². The average Bonchev–Trinajstić information content (AvgIpc) is 1.62. The second-order valence-corrected chi connectivity index (χ2v) is 1.21. The third-order valence-corrected chi connectivity index (χ3v) is 0.214. The number of hydrogen-bond donors (Lipinski definition) is 2. The van der Waals surface area contributed by atoms with Gasteiger partial charge in [-0.2, -0.15) is 5.11 Å². The number of azo groups is 1. The van der Waals surface area contributed by atoms with E-state index in [1.54, 1.807) is 0 Å². The molecule has 0 fully saturated rings. The molecule has 0 amide bonds. The van der Waals surface area contributed by atoms with Crippen molar-refractivity contribution in [3.63, 3.8) is 0 Å². The summed E-state index contributed by atoms with van der Waals surface area (Å²) in [6.45, 7) is 1.52. The van der Waals surface area contributed by atoms with Gasteiger partial charge in [-0.1, -0.05) is 0 Å². The molecule has 0 aromatic heterocycles. The number of carboxylic acid groups (broad SMARTS) is 1. The van der Waals surface area contributed by atoms with Crippen LogP contribution in [0.25, 0.3) is 0 Å². The average molecular weight is 346 g/mol. The zero-order valence-corrected chi connectivity index (χ0v) is 8.15. The summed E-state index contributed by atoms with van der Waals surface area (Å²) in [4.78, 5) is 9.25. The van der Waals surface area contributed by atoms with E-state index in [1.807, 2.05) is 0 Å². The number of hydroxylamine groups is 1. The number of rotatable bonds is 1. The molecule has 0 saturated carbocycles. The Bertz CT molecular complexity index is 119. The second-order valence-electron chi connectivity index (χ2n) is 1.21. The van der Waals surface area contributed by atoms with Gasteiger partial charge in [0.2, 0.25) is 0 Å². The maximum Gasteiger partial charge on any atom is 1.00 e. The van der Waals surface area contributed by atoms with Gasteiger partial charge in [-0.25, -0.2) is 0 Å². The number of aliphatic hydroxyl groups excluding tert-OH is 1. The molecule has 0 bridgehead atoms. The van der Waals surface area contributed by atoms with E-state index < -0.39 is 5.97 Å². The van der Waals surface area contributed by atoms with E-state index in [2.05, 4.69) is 5.11 Å². The third kappa shape index (κ3) is 87.8. The Balaban J connectivity index is -0.000000114. The normalized spacial score (nSPS) is 8.45. The molecule has 6 nitrogen and oxygen atoms in total. The Morgan fingerprint density at radius 3 is 2.00 bits per heavy atom. The number of aliphatic hydroxyl groups is 1. The van der Waals surface area contributed by atoms with Crippen LogP contribution in [0.1, 0.15) is 6.92 Å². The molecule has 0 heterocycles. The summed E-state index contributed by atoms with van der Waals surface area (Å²) >= 11 is 0. The zero-order chi connectivity index (χ0) is 8.57. The van der Waals surface area contributed by atoms with Crippen LogP contribution >= 0.6 is 0 Å². The molecule has 7 heteroatoms. The molecular formula is C4H9AuN2O4. The molecule has 0 aliphatic rings. The molecule has 0 atom stereocenters.